The van der Waals surface area contributed by atoms with Gasteiger partial charge in [0.15, 0.2) is 11.5 Å². The number of carbonyl (C=O) groups is 2. The predicted octanol–water partition coefficient (Wildman–Crippen LogP) is 2.34. The molecule has 0 atom stereocenters. The van der Waals surface area contributed by atoms with Crippen LogP contribution in [0.2, 0.25) is 0 Å². The zero-order chi connectivity index (χ0) is 19.9. The summed E-state index contributed by atoms with van der Waals surface area (Å²) in [7, 11) is 1.29. The Morgan fingerprint density at radius 2 is 2.04 bits per heavy atom. The number of methoxy groups -OCH3 is 1. The molecule has 0 saturated heterocycles. The van der Waals surface area contributed by atoms with Crippen molar-refractivity contribution in [3.05, 3.63) is 65.4 Å². The van der Waals surface area contributed by atoms with Crippen LogP contribution in [0.15, 0.2) is 54.2 Å². The fraction of sp³-hybridized carbons (Fsp3) is 0.150. The van der Waals surface area contributed by atoms with E-state index in [4.69, 9.17) is 9.47 Å². The highest BCUT2D eigenvalue weighted by molar-refractivity contribution is 5.97. The van der Waals surface area contributed by atoms with Crippen LogP contribution in [0, 0.1) is 11.3 Å². The number of ether oxygens (including phenoxy) is 3. The lowest BCUT2D eigenvalue weighted by Gasteiger charge is -2.07. The smallest absolute Gasteiger partial charge is 0.337 e. The van der Waals surface area contributed by atoms with E-state index in [-0.39, 0.29) is 18.9 Å². The van der Waals surface area contributed by atoms with Crippen LogP contribution in [0.3, 0.4) is 0 Å². The summed E-state index contributed by atoms with van der Waals surface area (Å²) in [6.45, 7) is 0.404. The maximum atomic E-state index is 12.3. The third kappa shape index (κ3) is 4.40. The molecule has 1 aliphatic heterocycles. The van der Waals surface area contributed by atoms with E-state index in [1.54, 1.807) is 42.5 Å². The summed E-state index contributed by atoms with van der Waals surface area (Å²) in [6, 6.07) is 13.7. The van der Waals surface area contributed by atoms with E-state index in [1.807, 2.05) is 6.07 Å². The molecule has 2 aromatic rings. The van der Waals surface area contributed by atoms with Gasteiger partial charge in [0.1, 0.15) is 11.6 Å². The van der Waals surface area contributed by atoms with Crippen molar-refractivity contribution in [1.82, 2.24) is 5.32 Å². The van der Waals surface area contributed by atoms with E-state index < -0.39 is 11.9 Å². The minimum Gasteiger partial charge on any atom is -0.465 e. The summed E-state index contributed by atoms with van der Waals surface area (Å²) in [5, 5.41) is 14.8. The van der Waals surface area contributed by atoms with Crippen LogP contribution in [0.5, 0.6) is 11.5 Å². The Hall–Kier alpha value is -3.99. The van der Waals surface area contributed by atoms with Crippen molar-refractivity contribution in [3.63, 3.8) is 0 Å². The number of anilines is 1. The molecule has 3 rings (SSSR count). The fourth-order valence-corrected chi connectivity index (χ4v) is 2.49. The van der Waals surface area contributed by atoms with Crippen LogP contribution in [-0.2, 0) is 16.1 Å². The molecule has 1 aliphatic rings. The number of nitrogens with zero attached hydrogens (tertiary/aromatic N) is 1. The van der Waals surface area contributed by atoms with Crippen molar-refractivity contribution in [3.8, 4) is 17.6 Å². The monoisotopic (exact) mass is 379 g/mol. The number of fused-ring (bicyclic) bond motifs is 1. The van der Waals surface area contributed by atoms with Crippen molar-refractivity contribution in [2.75, 3.05) is 19.2 Å². The van der Waals surface area contributed by atoms with Gasteiger partial charge in [-0.2, -0.15) is 5.26 Å². The Bertz CT molecular complexity index is 978. The number of nitrogens with one attached hydrogen (secondary N) is 2. The van der Waals surface area contributed by atoms with E-state index in [0.29, 0.717) is 22.7 Å². The van der Waals surface area contributed by atoms with Crippen molar-refractivity contribution in [1.29, 1.82) is 5.26 Å². The first kappa shape index (κ1) is 18.8. The van der Waals surface area contributed by atoms with Crippen molar-refractivity contribution < 1.29 is 23.8 Å². The highest BCUT2D eigenvalue weighted by atomic mass is 16.7. The average Bonchev–Trinajstić information content (AvgIpc) is 3.20. The van der Waals surface area contributed by atoms with Gasteiger partial charge in [0, 0.05) is 18.4 Å². The number of hydrogen-bond donors (Lipinski definition) is 2. The molecular weight excluding hydrogens is 362 g/mol. The minimum atomic E-state index is -0.531. The van der Waals surface area contributed by atoms with Crippen LogP contribution in [0.4, 0.5) is 5.69 Å². The van der Waals surface area contributed by atoms with Gasteiger partial charge in [-0.15, -0.1) is 0 Å². The normalized spacial score (nSPS) is 12.1. The molecule has 1 heterocycles. The molecule has 28 heavy (non-hydrogen) atoms. The van der Waals surface area contributed by atoms with Gasteiger partial charge in [0.2, 0.25) is 6.79 Å². The molecular formula is C20H17N3O5. The zero-order valence-electron chi connectivity index (χ0n) is 15.0. The maximum Gasteiger partial charge on any atom is 0.337 e. The molecule has 2 aromatic carbocycles. The topological polar surface area (TPSA) is 110 Å². The second kappa shape index (κ2) is 8.60. The van der Waals surface area contributed by atoms with Crippen LogP contribution >= 0.6 is 0 Å². The molecule has 1 amide bonds. The molecule has 0 unspecified atom stereocenters. The molecule has 0 fully saturated rings. The first-order valence-electron chi connectivity index (χ1n) is 8.32. The fourth-order valence-electron chi connectivity index (χ4n) is 2.49. The van der Waals surface area contributed by atoms with E-state index in [2.05, 4.69) is 15.4 Å². The molecule has 0 saturated carbocycles. The summed E-state index contributed by atoms with van der Waals surface area (Å²) in [6.07, 6.45) is 1.28. The second-order valence-corrected chi connectivity index (χ2v) is 5.76. The Balaban J connectivity index is 1.62. The highest BCUT2D eigenvalue weighted by Gasteiger charge is 2.14. The van der Waals surface area contributed by atoms with Gasteiger partial charge in [0.25, 0.3) is 5.91 Å². The van der Waals surface area contributed by atoms with Gasteiger partial charge in [-0.1, -0.05) is 12.1 Å². The Kier molecular flexibility index (Phi) is 5.77. The summed E-state index contributed by atoms with van der Waals surface area (Å²) in [5.74, 6) is 0.271. The summed E-state index contributed by atoms with van der Waals surface area (Å²) in [4.78, 5) is 23.8. The quantitative estimate of drug-likeness (QED) is 0.450. The second-order valence-electron chi connectivity index (χ2n) is 5.76. The Morgan fingerprint density at radius 1 is 1.21 bits per heavy atom. The summed E-state index contributed by atoms with van der Waals surface area (Å²) in [5.41, 5.74) is 1.60. The number of nitriles is 1. The lowest BCUT2D eigenvalue weighted by Crippen LogP contribution is -2.24. The minimum absolute atomic E-state index is 0.107. The third-order valence-corrected chi connectivity index (χ3v) is 3.92. The highest BCUT2D eigenvalue weighted by Crippen LogP contribution is 2.32. The maximum absolute atomic E-state index is 12.3. The predicted molar refractivity (Wildman–Crippen MR) is 99.5 cm³/mol. The molecule has 8 heteroatoms. The van der Waals surface area contributed by atoms with Gasteiger partial charge >= 0.3 is 5.97 Å². The number of carbonyl (C=O) groups excluding carboxylic acids is 2. The van der Waals surface area contributed by atoms with Crippen molar-refractivity contribution in [2.45, 2.75) is 6.54 Å². The Labute approximate surface area is 161 Å². The average molecular weight is 379 g/mol. The van der Waals surface area contributed by atoms with Crippen LogP contribution in [0.25, 0.3) is 0 Å². The van der Waals surface area contributed by atoms with Gasteiger partial charge < -0.3 is 24.8 Å². The molecule has 142 valence electrons. The number of rotatable bonds is 6. The summed E-state index contributed by atoms with van der Waals surface area (Å²) < 4.78 is 15.2. The van der Waals surface area contributed by atoms with E-state index >= 15 is 0 Å². The standard InChI is InChI=1S/C20H17N3O5/c1-26-20(25)14-3-2-4-16(8-14)22-11-15(9-21)19(24)23-10-13-5-6-17-18(7-13)28-12-27-17/h2-8,11,22H,10,12H2,1H3,(H,23,24)/b15-11-. The molecule has 8 nitrogen and oxygen atoms in total. The van der Waals surface area contributed by atoms with Crippen LogP contribution in [-0.4, -0.2) is 25.8 Å². The van der Waals surface area contributed by atoms with E-state index in [0.717, 1.165) is 5.56 Å². The first-order chi connectivity index (χ1) is 13.6. The molecule has 0 radical (unpaired) electrons. The third-order valence-electron chi connectivity index (χ3n) is 3.92. The molecule has 0 spiro atoms. The number of benzene rings is 2. The Morgan fingerprint density at radius 3 is 2.82 bits per heavy atom. The van der Waals surface area contributed by atoms with Crippen LogP contribution < -0.4 is 20.1 Å². The zero-order valence-corrected chi connectivity index (χ0v) is 15.0. The van der Waals surface area contributed by atoms with Crippen molar-refractivity contribution in [2.24, 2.45) is 0 Å². The largest absolute Gasteiger partial charge is 0.465 e. The van der Waals surface area contributed by atoms with Crippen molar-refractivity contribution >= 4 is 17.6 Å². The number of esters is 1. The van der Waals surface area contributed by atoms with Gasteiger partial charge in [0.05, 0.1) is 12.7 Å². The van der Waals surface area contributed by atoms with E-state index in [9.17, 15) is 14.9 Å². The number of amides is 1. The molecule has 0 aromatic heterocycles. The van der Waals surface area contributed by atoms with Crippen LogP contribution in [0.1, 0.15) is 15.9 Å². The lowest BCUT2D eigenvalue weighted by molar-refractivity contribution is -0.117. The SMILES string of the molecule is COC(=O)c1cccc(N/C=C(/C#N)C(=O)NCc2ccc3c(c2)OCO3)c1. The first-order valence-corrected chi connectivity index (χ1v) is 8.32. The molecule has 0 bridgehead atoms. The molecule has 0 aliphatic carbocycles. The van der Waals surface area contributed by atoms with Gasteiger partial charge in [-0.3, -0.25) is 4.79 Å². The van der Waals surface area contributed by atoms with E-state index in [1.165, 1.54) is 13.3 Å². The number of hydrogen-bond acceptors (Lipinski definition) is 7. The van der Waals surface area contributed by atoms with Gasteiger partial charge in [-0.25, -0.2) is 4.79 Å². The summed E-state index contributed by atoms with van der Waals surface area (Å²) >= 11 is 0. The van der Waals surface area contributed by atoms with Gasteiger partial charge in [-0.05, 0) is 35.9 Å². The molecule has 2 N–H and O–H groups in total. The lowest BCUT2D eigenvalue weighted by atomic mass is 10.2.